The van der Waals surface area contributed by atoms with Crippen LogP contribution in [0.1, 0.15) is 17.9 Å². The third kappa shape index (κ3) is 4.92. The summed E-state index contributed by atoms with van der Waals surface area (Å²) in [6, 6.07) is 10.5. The lowest BCUT2D eigenvalue weighted by atomic mass is 10.2. The fraction of sp³-hybridized carbons (Fsp3) is 0.200. The molecule has 1 amide bonds. The molecule has 0 saturated carbocycles. The van der Waals surface area contributed by atoms with Crippen LogP contribution < -0.4 is 0 Å². The van der Waals surface area contributed by atoms with Gasteiger partial charge in [0.15, 0.2) is 11.7 Å². The lowest BCUT2D eigenvalue weighted by molar-refractivity contribution is -0.130. The summed E-state index contributed by atoms with van der Waals surface area (Å²) in [5, 5.41) is 0.629. The number of carbonyl (C=O) groups excluding carboxylic acids is 1. The summed E-state index contributed by atoms with van der Waals surface area (Å²) in [6.07, 6.45) is 2.09. The van der Waals surface area contributed by atoms with Crippen molar-refractivity contribution < 1.29 is 18.0 Å². The van der Waals surface area contributed by atoms with Crippen molar-refractivity contribution >= 4 is 17.5 Å². The Morgan fingerprint density at radius 1 is 1.19 bits per heavy atom. The van der Waals surface area contributed by atoms with Gasteiger partial charge in [-0.15, -0.1) is 0 Å². The number of hydrogen-bond donors (Lipinski definition) is 0. The molecule has 3 aromatic rings. The molecule has 1 aromatic heterocycles. The van der Waals surface area contributed by atoms with Gasteiger partial charge in [-0.1, -0.05) is 17.7 Å². The number of amides is 1. The molecule has 0 radical (unpaired) electrons. The zero-order chi connectivity index (χ0) is 19.4. The highest BCUT2D eigenvalue weighted by Gasteiger charge is 2.14. The number of oxazole rings is 1. The highest BCUT2D eigenvalue weighted by molar-refractivity contribution is 6.30. The minimum atomic E-state index is -0.671. The summed E-state index contributed by atoms with van der Waals surface area (Å²) in [5.74, 6) is -0.476. The molecular weight excluding hydrogens is 374 g/mol. The molecule has 1 heterocycles. The normalized spacial score (nSPS) is 10.8. The third-order valence-corrected chi connectivity index (χ3v) is 4.34. The van der Waals surface area contributed by atoms with Gasteiger partial charge in [0.2, 0.25) is 5.91 Å². The number of halogens is 3. The maximum atomic E-state index is 13.7. The average Bonchev–Trinajstić information content (AvgIpc) is 3.11. The highest BCUT2D eigenvalue weighted by Crippen LogP contribution is 2.23. The number of nitrogens with zero attached hydrogens (tertiary/aromatic N) is 2. The van der Waals surface area contributed by atoms with Gasteiger partial charge >= 0.3 is 0 Å². The molecular formula is C20H17ClF2N2O2. The summed E-state index contributed by atoms with van der Waals surface area (Å²) >= 11 is 5.86. The molecule has 0 saturated heterocycles. The van der Waals surface area contributed by atoms with Crippen LogP contribution in [0.5, 0.6) is 0 Å². The monoisotopic (exact) mass is 390 g/mol. The maximum Gasteiger partial charge on any atom is 0.223 e. The van der Waals surface area contributed by atoms with Gasteiger partial charge in [0.25, 0.3) is 0 Å². The van der Waals surface area contributed by atoms with E-state index in [0.29, 0.717) is 23.1 Å². The van der Waals surface area contributed by atoms with Crippen LogP contribution in [-0.2, 0) is 17.8 Å². The van der Waals surface area contributed by atoms with E-state index in [2.05, 4.69) is 4.98 Å². The minimum Gasteiger partial charge on any atom is -0.441 e. The lowest BCUT2D eigenvalue weighted by Crippen LogP contribution is -2.26. The summed E-state index contributed by atoms with van der Waals surface area (Å²) < 4.78 is 32.3. The van der Waals surface area contributed by atoms with Gasteiger partial charge in [-0.25, -0.2) is 13.8 Å². The van der Waals surface area contributed by atoms with E-state index in [-0.39, 0.29) is 24.4 Å². The van der Waals surface area contributed by atoms with Crippen molar-refractivity contribution in [1.82, 2.24) is 9.88 Å². The molecule has 0 unspecified atom stereocenters. The van der Waals surface area contributed by atoms with E-state index < -0.39 is 11.6 Å². The van der Waals surface area contributed by atoms with Crippen molar-refractivity contribution in [3.05, 3.63) is 76.8 Å². The molecule has 0 bridgehead atoms. The van der Waals surface area contributed by atoms with E-state index in [1.165, 1.54) is 17.0 Å². The van der Waals surface area contributed by atoms with Crippen LogP contribution in [0.3, 0.4) is 0 Å². The summed E-state index contributed by atoms with van der Waals surface area (Å²) in [5.41, 5.74) is 1.10. The van der Waals surface area contributed by atoms with Crippen molar-refractivity contribution in [2.45, 2.75) is 19.4 Å². The lowest BCUT2D eigenvalue weighted by Gasteiger charge is -2.17. The van der Waals surface area contributed by atoms with Crippen molar-refractivity contribution in [2.24, 2.45) is 0 Å². The van der Waals surface area contributed by atoms with Gasteiger partial charge in [0.05, 0.1) is 6.20 Å². The Morgan fingerprint density at radius 3 is 2.63 bits per heavy atom. The van der Waals surface area contributed by atoms with E-state index in [4.69, 9.17) is 16.0 Å². The first-order chi connectivity index (χ1) is 12.9. The Balaban J connectivity index is 1.56. The number of hydrogen-bond acceptors (Lipinski definition) is 3. The van der Waals surface area contributed by atoms with E-state index in [9.17, 15) is 13.6 Å². The standard InChI is InChI=1S/C20H17ClF2N2O2/c1-25(12-14-4-7-16(22)10-17(14)23)20(26)9-8-19-24-11-18(27-19)13-2-5-15(21)6-3-13/h2-7,10-11H,8-9,12H2,1H3. The number of rotatable bonds is 6. The number of carbonyl (C=O) groups is 1. The van der Waals surface area contributed by atoms with Gasteiger partial charge in [-0.2, -0.15) is 0 Å². The van der Waals surface area contributed by atoms with Crippen LogP contribution in [0.25, 0.3) is 11.3 Å². The zero-order valence-corrected chi connectivity index (χ0v) is 15.3. The van der Waals surface area contributed by atoms with Crippen LogP contribution >= 0.6 is 11.6 Å². The van der Waals surface area contributed by atoms with Crippen molar-refractivity contribution in [2.75, 3.05) is 7.05 Å². The molecule has 3 rings (SSSR count). The number of aryl methyl sites for hydroxylation is 1. The second-order valence-electron chi connectivity index (χ2n) is 6.11. The molecule has 0 atom stereocenters. The Bertz CT molecular complexity index is 941. The van der Waals surface area contributed by atoms with Crippen LogP contribution in [-0.4, -0.2) is 22.8 Å². The Morgan fingerprint density at radius 2 is 1.93 bits per heavy atom. The SMILES string of the molecule is CN(Cc1ccc(F)cc1F)C(=O)CCc1ncc(-c2ccc(Cl)cc2)o1. The molecule has 0 spiro atoms. The van der Waals surface area contributed by atoms with Gasteiger partial charge in [0, 0.05) is 48.6 Å². The van der Waals surface area contributed by atoms with Crippen molar-refractivity contribution in [1.29, 1.82) is 0 Å². The summed E-state index contributed by atoms with van der Waals surface area (Å²) in [4.78, 5) is 17.8. The zero-order valence-electron chi connectivity index (χ0n) is 14.6. The third-order valence-electron chi connectivity index (χ3n) is 4.08. The number of aromatic nitrogens is 1. The second-order valence-corrected chi connectivity index (χ2v) is 6.55. The molecule has 2 aromatic carbocycles. The van der Waals surface area contributed by atoms with Crippen LogP contribution in [0.4, 0.5) is 8.78 Å². The van der Waals surface area contributed by atoms with Crippen molar-refractivity contribution in [3.63, 3.8) is 0 Å². The maximum absolute atomic E-state index is 13.7. The molecule has 7 heteroatoms. The fourth-order valence-corrected chi connectivity index (χ4v) is 2.70. The quantitative estimate of drug-likeness (QED) is 0.603. The van der Waals surface area contributed by atoms with Crippen LogP contribution in [0.15, 0.2) is 53.1 Å². The topological polar surface area (TPSA) is 46.3 Å². The first-order valence-electron chi connectivity index (χ1n) is 8.31. The molecule has 0 aliphatic carbocycles. The van der Waals surface area contributed by atoms with E-state index in [0.717, 1.165) is 11.6 Å². The van der Waals surface area contributed by atoms with Crippen LogP contribution in [0.2, 0.25) is 5.02 Å². The molecule has 4 nitrogen and oxygen atoms in total. The molecule has 0 aliphatic rings. The summed E-state index contributed by atoms with van der Waals surface area (Å²) in [7, 11) is 1.57. The Kier molecular flexibility index (Phi) is 5.86. The van der Waals surface area contributed by atoms with E-state index in [1.807, 2.05) is 12.1 Å². The average molecular weight is 391 g/mol. The predicted molar refractivity (Wildman–Crippen MR) is 98.1 cm³/mol. The minimum absolute atomic E-state index is 0.0621. The fourth-order valence-electron chi connectivity index (χ4n) is 2.57. The second kappa shape index (κ2) is 8.31. The van der Waals surface area contributed by atoms with Crippen LogP contribution in [0, 0.1) is 11.6 Å². The molecule has 0 fully saturated rings. The Labute approximate surface area is 160 Å². The largest absolute Gasteiger partial charge is 0.441 e. The molecule has 0 N–H and O–H groups in total. The molecule has 0 aliphatic heterocycles. The smallest absolute Gasteiger partial charge is 0.223 e. The van der Waals surface area contributed by atoms with Gasteiger partial charge < -0.3 is 9.32 Å². The van der Waals surface area contributed by atoms with Gasteiger partial charge in [0.1, 0.15) is 11.6 Å². The number of benzene rings is 2. The predicted octanol–water partition coefficient (Wildman–Crippen LogP) is 4.86. The van der Waals surface area contributed by atoms with Gasteiger partial charge in [-0.05, 0) is 30.3 Å². The summed E-state index contributed by atoms with van der Waals surface area (Å²) in [6.45, 7) is 0.0621. The molecule has 140 valence electrons. The Hall–Kier alpha value is -2.73. The molecule has 27 heavy (non-hydrogen) atoms. The van der Waals surface area contributed by atoms with E-state index in [1.54, 1.807) is 25.4 Å². The van der Waals surface area contributed by atoms with Gasteiger partial charge in [-0.3, -0.25) is 4.79 Å². The van der Waals surface area contributed by atoms with E-state index >= 15 is 0 Å². The first-order valence-corrected chi connectivity index (χ1v) is 8.68. The highest BCUT2D eigenvalue weighted by atomic mass is 35.5. The first kappa shape index (κ1) is 19.0. The van der Waals surface area contributed by atoms with Crippen molar-refractivity contribution in [3.8, 4) is 11.3 Å².